The first-order valence-corrected chi connectivity index (χ1v) is 8.05. The lowest BCUT2D eigenvalue weighted by molar-refractivity contribution is 0.104. The molecule has 0 amide bonds. The average molecular weight is 344 g/mol. The molecule has 0 unspecified atom stereocenters. The van der Waals surface area contributed by atoms with Gasteiger partial charge in [-0.3, -0.25) is 4.79 Å². The number of aromatic nitrogens is 1. The van der Waals surface area contributed by atoms with Crippen LogP contribution in [0.15, 0.2) is 48.5 Å². The van der Waals surface area contributed by atoms with E-state index >= 15 is 0 Å². The molecule has 1 aliphatic carbocycles. The van der Waals surface area contributed by atoms with Crippen molar-refractivity contribution in [1.82, 2.24) is 4.98 Å². The van der Waals surface area contributed by atoms with Crippen LogP contribution in [-0.2, 0) is 0 Å². The molecule has 0 spiro atoms. The maximum absolute atomic E-state index is 13.0. The summed E-state index contributed by atoms with van der Waals surface area (Å²) in [6.07, 6.45) is 0. The van der Waals surface area contributed by atoms with Crippen molar-refractivity contribution in [1.29, 1.82) is 5.26 Å². The minimum atomic E-state index is -0.0980. The van der Waals surface area contributed by atoms with E-state index in [0.717, 1.165) is 11.1 Å². The summed E-state index contributed by atoms with van der Waals surface area (Å²) in [6.45, 7) is 0. The molecule has 3 aromatic rings. The smallest absolute Gasteiger partial charge is 0.196 e. The normalized spacial score (nSPS) is 11.6. The molecular weight excluding hydrogens is 332 g/mol. The average Bonchev–Trinajstić information content (AvgIpc) is 2.93. The number of ether oxygens (including phenoxy) is 1. The molecule has 5 heteroatoms. The number of hydrogen-bond donors (Lipinski definition) is 1. The molecule has 0 bridgehead atoms. The SMILES string of the molecule is COc1ccc(-c2c3c([nH]c(=S)c2C#N)-c2ccccc2C3=O)cc1. The van der Waals surface area contributed by atoms with E-state index in [0.29, 0.717) is 38.3 Å². The number of carbonyl (C=O) groups is 1. The highest BCUT2D eigenvalue weighted by Crippen LogP contribution is 2.42. The Labute approximate surface area is 149 Å². The molecule has 4 rings (SSSR count). The molecular formula is C20H12N2O2S. The van der Waals surface area contributed by atoms with Gasteiger partial charge in [0.1, 0.15) is 16.5 Å². The fourth-order valence-corrected chi connectivity index (χ4v) is 3.47. The summed E-state index contributed by atoms with van der Waals surface area (Å²) in [5.41, 5.74) is 4.24. The molecule has 0 saturated heterocycles. The summed E-state index contributed by atoms with van der Waals surface area (Å²) in [6, 6.07) is 16.8. The number of rotatable bonds is 2. The molecule has 25 heavy (non-hydrogen) atoms. The zero-order valence-electron chi connectivity index (χ0n) is 13.3. The number of aromatic amines is 1. The molecule has 0 aliphatic heterocycles. The van der Waals surface area contributed by atoms with Gasteiger partial charge in [-0.25, -0.2) is 0 Å². The lowest BCUT2D eigenvalue weighted by Gasteiger charge is -2.11. The van der Waals surface area contributed by atoms with Gasteiger partial charge in [-0.1, -0.05) is 48.6 Å². The Morgan fingerprint density at radius 3 is 2.36 bits per heavy atom. The summed E-state index contributed by atoms with van der Waals surface area (Å²) in [5, 5.41) is 9.62. The number of ketones is 1. The highest BCUT2D eigenvalue weighted by molar-refractivity contribution is 7.71. The molecule has 0 atom stereocenters. The second kappa shape index (κ2) is 5.69. The van der Waals surface area contributed by atoms with Crippen LogP contribution >= 0.6 is 12.2 Å². The lowest BCUT2D eigenvalue weighted by Crippen LogP contribution is -2.02. The van der Waals surface area contributed by atoms with E-state index in [2.05, 4.69) is 11.1 Å². The molecule has 1 N–H and O–H groups in total. The summed E-state index contributed by atoms with van der Waals surface area (Å²) < 4.78 is 5.52. The third-order valence-corrected chi connectivity index (χ3v) is 4.68. The Hall–Kier alpha value is -3.23. The molecule has 0 fully saturated rings. The summed E-state index contributed by atoms with van der Waals surface area (Å²) in [4.78, 5) is 16.1. The Balaban J connectivity index is 2.08. The third kappa shape index (κ3) is 2.19. The third-order valence-electron chi connectivity index (χ3n) is 4.37. The molecule has 0 radical (unpaired) electrons. The highest BCUT2D eigenvalue weighted by atomic mass is 32.1. The summed E-state index contributed by atoms with van der Waals surface area (Å²) in [5.74, 6) is 0.605. The van der Waals surface area contributed by atoms with Crippen molar-refractivity contribution in [3.8, 4) is 34.2 Å². The zero-order valence-corrected chi connectivity index (χ0v) is 14.1. The number of nitrogens with one attached hydrogen (secondary N) is 1. The molecule has 1 heterocycles. The van der Waals surface area contributed by atoms with E-state index in [-0.39, 0.29) is 5.78 Å². The minimum absolute atomic E-state index is 0.0980. The van der Waals surface area contributed by atoms with Crippen molar-refractivity contribution in [2.24, 2.45) is 0 Å². The Kier molecular flexibility index (Phi) is 3.48. The highest BCUT2D eigenvalue weighted by Gasteiger charge is 2.32. The van der Waals surface area contributed by atoms with Gasteiger partial charge in [0.25, 0.3) is 0 Å². The van der Waals surface area contributed by atoms with Gasteiger partial charge in [-0.05, 0) is 17.7 Å². The summed E-state index contributed by atoms with van der Waals surface area (Å²) >= 11 is 5.38. The number of nitriles is 1. The van der Waals surface area contributed by atoms with Crippen LogP contribution in [0.25, 0.3) is 22.4 Å². The van der Waals surface area contributed by atoms with E-state index < -0.39 is 0 Å². The number of hydrogen-bond acceptors (Lipinski definition) is 4. The van der Waals surface area contributed by atoms with Crippen LogP contribution in [0, 0.1) is 16.0 Å². The molecule has 0 saturated carbocycles. The van der Waals surface area contributed by atoms with Gasteiger partial charge in [0, 0.05) is 16.7 Å². The predicted octanol–water partition coefficient (Wildman–Crippen LogP) is 4.50. The van der Waals surface area contributed by atoms with Crippen LogP contribution in [0.5, 0.6) is 5.75 Å². The van der Waals surface area contributed by atoms with Crippen LogP contribution < -0.4 is 4.74 Å². The second-order valence-corrected chi connectivity index (χ2v) is 6.08. The van der Waals surface area contributed by atoms with E-state index in [4.69, 9.17) is 17.0 Å². The minimum Gasteiger partial charge on any atom is -0.497 e. The monoisotopic (exact) mass is 344 g/mol. The second-order valence-electron chi connectivity index (χ2n) is 5.67. The van der Waals surface area contributed by atoms with Gasteiger partial charge < -0.3 is 9.72 Å². The van der Waals surface area contributed by atoms with Crippen LogP contribution in [0.2, 0.25) is 0 Å². The molecule has 1 aromatic heterocycles. The number of nitrogens with zero attached hydrogens (tertiary/aromatic N) is 1. The van der Waals surface area contributed by atoms with Gasteiger partial charge in [-0.15, -0.1) is 0 Å². The van der Waals surface area contributed by atoms with Crippen molar-refractivity contribution >= 4 is 18.0 Å². The van der Waals surface area contributed by atoms with Crippen molar-refractivity contribution in [2.75, 3.05) is 7.11 Å². The summed E-state index contributed by atoms with van der Waals surface area (Å²) in [7, 11) is 1.59. The number of benzene rings is 2. The van der Waals surface area contributed by atoms with Gasteiger partial charge in [0.2, 0.25) is 0 Å². The fraction of sp³-hybridized carbons (Fsp3) is 0.0500. The number of methoxy groups -OCH3 is 1. The van der Waals surface area contributed by atoms with Gasteiger partial charge in [-0.2, -0.15) is 5.26 Å². The maximum Gasteiger partial charge on any atom is 0.196 e. The fourth-order valence-electron chi connectivity index (χ4n) is 3.22. The Bertz CT molecular complexity index is 1120. The quantitative estimate of drug-likeness (QED) is 0.544. The van der Waals surface area contributed by atoms with E-state index in [1.807, 2.05) is 30.3 Å². The standard InChI is InChI=1S/C20H12N2O2S/c1-24-12-8-6-11(7-9-12)16-15(10-21)20(25)22-18-13-4-2-3-5-14(13)19(23)17(16)18/h2-9H,1H3,(H,22,25). The van der Waals surface area contributed by atoms with Crippen LogP contribution in [0.3, 0.4) is 0 Å². The predicted molar refractivity (Wildman–Crippen MR) is 97.2 cm³/mol. The van der Waals surface area contributed by atoms with Gasteiger partial charge in [0.15, 0.2) is 5.78 Å². The first kappa shape index (κ1) is 15.3. The lowest BCUT2D eigenvalue weighted by atomic mass is 9.94. The number of pyridine rings is 1. The molecule has 1 aliphatic rings. The van der Waals surface area contributed by atoms with Crippen molar-refractivity contribution in [2.45, 2.75) is 0 Å². The van der Waals surface area contributed by atoms with Crippen molar-refractivity contribution in [3.05, 3.63) is 69.9 Å². The van der Waals surface area contributed by atoms with E-state index in [9.17, 15) is 10.1 Å². The molecule has 4 nitrogen and oxygen atoms in total. The van der Waals surface area contributed by atoms with Crippen LogP contribution in [0.4, 0.5) is 0 Å². The van der Waals surface area contributed by atoms with Gasteiger partial charge in [0.05, 0.1) is 23.9 Å². The maximum atomic E-state index is 13.0. The van der Waals surface area contributed by atoms with Crippen molar-refractivity contribution in [3.63, 3.8) is 0 Å². The largest absolute Gasteiger partial charge is 0.497 e. The first-order chi connectivity index (χ1) is 12.2. The van der Waals surface area contributed by atoms with E-state index in [1.165, 1.54) is 0 Å². The molecule has 2 aromatic carbocycles. The first-order valence-electron chi connectivity index (χ1n) is 7.64. The number of H-pyrrole nitrogens is 1. The van der Waals surface area contributed by atoms with Crippen LogP contribution in [-0.4, -0.2) is 17.9 Å². The zero-order chi connectivity index (χ0) is 17.6. The number of fused-ring (bicyclic) bond motifs is 3. The van der Waals surface area contributed by atoms with E-state index in [1.54, 1.807) is 25.3 Å². The number of carbonyl (C=O) groups excluding carboxylic acids is 1. The topological polar surface area (TPSA) is 65.9 Å². The Morgan fingerprint density at radius 1 is 1.04 bits per heavy atom. The Morgan fingerprint density at radius 2 is 1.72 bits per heavy atom. The van der Waals surface area contributed by atoms with Gasteiger partial charge >= 0.3 is 0 Å². The van der Waals surface area contributed by atoms with Crippen LogP contribution in [0.1, 0.15) is 21.5 Å². The van der Waals surface area contributed by atoms with Crippen molar-refractivity contribution < 1.29 is 9.53 Å². The molecule has 120 valence electrons.